The Kier molecular flexibility index (Phi) is 3.85. The van der Waals surface area contributed by atoms with Crippen LogP contribution in [0, 0.1) is 10.1 Å². The molecule has 1 atom stereocenters. The van der Waals surface area contributed by atoms with Crippen LogP contribution in [0.5, 0.6) is 0 Å². The first kappa shape index (κ1) is 13.3. The smallest absolute Gasteiger partial charge is 0.270 e. The molecule has 1 aromatic carbocycles. The van der Waals surface area contributed by atoms with Gasteiger partial charge < -0.3 is 10.5 Å². The molecule has 18 heavy (non-hydrogen) atoms. The minimum absolute atomic E-state index is 0.00489. The number of ether oxygens (including phenoxy) is 1. The SMILES string of the molecule is NC1(Cc2ccc([N+](=O)[O-])cc2Cl)CCCOC1. The molecule has 1 aromatic rings. The summed E-state index contributed by atoms with van der Waals surface area (Å²) in [6, 6.07) is 4.49. The molecule has 5 nitrogen and oxygen atoms in total. The zero-order chi connectivity index (χ0) is 13.2. The highest BCUT2D eigenvalue weighted by Gasteiger charge is 2.29. The summed E-state index contributed by atoms with van der Waals surface area (Å²) in [5, 5.41) is 11.0. The van der Waals surface area contributed by atoms with E-state index < -0.39 is 10.5 Å². The van der Waals surface area contributed by atoms with Gasteiger partial charge in [0.25, 0.3) is 5.69 Å². The zero-order valence-electron chi connectivity index (χ0n) is 9.89. The first-order valence-corrected chi connectivity index (χ1v) is 6.17. The Labute approximate surface area is 110 Å². The maximum absolute atomic E-state index is 10.6. The minimum Gasteiger partial charge on any atom is -0.380 e. The fraction of sp³-hybridized carbons (Fsp3) is 0.500. The van der Waals surface area contributed by atoms with Crippen LogP contribution in [0.2, 0.25) is 5.02 Å². The Morgan fingerprint density at radius 3 is 2.89 bits per heavy atom. The molecule has 1 aliphatic heterocycles. The van der Waals surface area contributed by atoms with Crippen LogP contribution in [0.1, 0.15) is 18.4 Å². The van der Waals surface area contributed by atoms with Gasteiger partial charge >= 0.3 is 0 Å². The van der Waals surface area contributed by atoms with Gasteiger partial charge in [0.05, 0.1) is 16.6 Å². The second-order valence-corrected chi connectivity index (χ2v) is 5.14. The third-order valence-electron chi connectivity index (χ3n) is 3.14. The van der Waals surface area contributed by atoms with E-state index in [0.717, 1.165) is 25.0 Å². The van der Waals surface area contributed by atoms with E-state index >= 15 is 0 Å². The van der Waals surface area contributed by atoms with E-state index in [9.17, 15) is 10.1 Å². The molecule has 1 fully saturated rings. The lowest BCUT2D eigenvalue weighted by molar-refractivity contribution is -0.384. The van der Waals surface area contributed by atoms with Gasteiger partial charge in [0.15, 0.2) is 0 Å². The summed E-state index contributed by atoms with van der Waals surface area (Å²) in [5.41, 5.74) is 6.65. The van der Waals surface area contributed by atoms with Gasteiger partial charge in [-0.3, -0.25) is 10.1 Å². The van der Waals surface area contributed by atoms with Gasteiger partial charge in [-0.15, -0.1) is 0 Å². The summed E-state index contributed by atoms with van der Waals surface area (Å²) < 4.78 is 5.38. The van der Waals surface area contributed by atoms with Crippen molar-refractivity contribution in [1.82, 2.24) is 0 Å². The van der Waals surface area contributed by atoms with Gasteiger partial charge in [0.2, 0.25) is 0 Å². The van der Waals surface area contributed by atoms with E-state index in [4.69, 9.17) is 22.1 Å². The van der Waals surface area contributed by atoms with Crippen LogP contribution in [0.25, 0.3) is 0 Å². The Morgan fingerprint density at radius 1 is 1.56 bits per heavy atom. The normalized spacial score (nSPS) is 23.9. The average Bonchev–Trinajstić information content (AvgIpc) is 2.32. The van der Waals surface area contributed by atoms with Crippen molar-refractivity contribution >= 4 is 17.3 Å². The number of rotatable bonds is 3. The lowest BCUT2D eigenvalue weighted by Gasteiger charge is -2.33. The molecule has 1 heterocycles. The Bertz CT molecular complexity index is 459. The summed E-state index contributed by atoms with van der Waals surface area (Å²) >= 11 is 6.05. The van der Waals surface area contributed by atoms with Crippen molar-refractivity contribution in [2.75, 3.05) is 13.2 Å². The zero-order valence-corrected chi connectivity index (χ0v) is 10.7. The lowest BCUT2D eigenvalue weighted by Crippen LogP contribution is -2.49. The number of halogens is 1. The molecule has 6 heteroatoms. The maximum atomic E-state index is 10.6. The molecule has 0 amide bonds. The molecule has 0 saturated carbocycles. The molecule has 1 saturated heterocycles. The van der Waals surface area contributed by atoms with Crippen LogP contribution >= 0.6 is 11.6 Å². The number of nitro groups is 1. The second kappa shape index (κ2) is 5.22. The molecular formula is C12H15ClN2O3. The van der Waals surface area contributed by atoms with Crippen molar-refractivity contribution in [1.29, 1.82) is 0 Å². The van der Waals surface area contributed by atoms with Crippen molar-refractivity contribution in [3.63, 3.8) is 0 Å². The number of non-ortho nitro benzene ring substituents is 1. The van der Waals surface area contributed by atoms with Gasteiger partial charge in [0, 0.05) is 24.3 Å². The molecule has 0 radical (unpaired) electrons. The van der Waals surface area contributed by atoms with E-state index in [1.54, 1.807) is 6.07 Å². The van der Waals surface area contributed by atoms with E-state index in [0.29, 0.717) is 18.1 Å². The highest BCUT2D eigenvalue weighted by molar-refractivity contribution is 6.31. The van der Waals surface area contributed by atoms with Gasteiger partial charge in [-0.1, -0.05) is 17.7 Å². The number of nitrogens with zero attached hydrogens (tertiary/aromatic N) is 1. The van der Waals surface area contributed by atoms with Gasteiger partial charge in [0.1, 0.15) is 0 Å². The van der Waals surface area contributed by atoms with Crippen molar-refractivity contribution < 1.29 is 9.66 Å². The molecule has 0 bridgehead atoms. The highest BCUT2D eigenvalue weighted by atomic mass is 35.5. The van der Waals surface area contributed by atoms with Crippen molar-refractivity contribution in [3.8, 4) is 0 Å². The second-order valence-electron chi connectivity index (χ2n) is 4.73. The largest absolute Gasteiger partial charge is 0.380 e. The number of hydrogen-bond donors (Lipinski definition) is 1. The fourth-order valence-corrected chi connectivity index (χ4v) is 2.43. The topological polar surface area (TPSA) is 78.4 Å². The molecule has 1 unspecified atom stereocenters. The predicted octanol–water partition coefficient (Wildman–Crippen LogP) is 2.30. The van der Waals surface area contributed by atoms with Crippen molar-refractivity contribution in [2.24, 2.45) is 5.73 Å². The quantitative estimate of drug-likeness (QED) is 0.675. The number of benzene rings is 1. The van der Waals surface area contributed by atoms with Crippen LogP contribution in [-0.2, 0) is 11.2 Å². The van der Waals surface area contributed by atoms with Crippen LogP contribution < -0.4 is 5.73 Å². The Hall–Kier alpha value is -1.17. The van der Waals surface area contributed by atoms with E-state index in [1.807, 2.05) is 0 Å². The van der Waals surface area contributed by atoms with Gasteiger partial charge in [-0.2, -0.15) is 0 Å². The van der Waals surface area contributed by atoms with Gasteiger partial charge in [-0.05, 0) is 24.8 Å². The molecular weight excluding hydrogens is 256 g/mol. The molecule has 2 rings (SSSR count). The van der Waals surface area contributed by atoms with E-state index in [2.05, 4.69) is 0 Å². The predicted molar refractivity (Wildman–Crippen MR) is 68.8 cm³/mol. The Morgan fingerprint density at radius 2 is 2.33 bits per heavy atom. The summed E-state index contributed by atoms with van der Waals surface area (Å²) in [5.74, 6) is 0. The fourth-order valence-electron chi connectivity index (χ4n) is 2.19. The summed E-state index contributed by atoms with van der Waals surface area (Å²) in [4.78, 5) is 10.2. The number of nitro benzene ring substituents is 1. The molecule has 0 aliphatic carbocycles. The van der Waals surface area contributed by atoms with Gasteiger partial charge in [-0.25, -0.2) is 0 Å². The highest BCUT2D eigenvalue weighted by Crippen LogP contribution is 2.28. The minimum atomic E-state index is -0.461. The molecule has 0 spiro atoms. The number of hydrogen-bond acceptors (Lipinski definition) is 4. The maximum Gasteiger partial charge on any atom is 0.270 e. The van der Waals surface area contributed by atoms with Crippen molar-refractivity contribution in [2.45, 2.75) is 24.8 Å². The first-order valence-electron chi connectivity index (χ1n) is 5.80. The Balaban J connectivity index is 2.16. The molecule has 98 valence electrons. The van der Waals surface area contributed by atoms with E-state index in [-0.39, 0.29) is 5.69 Å². The summed E-state index contributed by atoms with van der Waals surface area (Å²) in [7, 11) is 0. The monoisotopic (exact) mass is 270 g/mol. The summed E-state index contributed by atoms with van der Waals surface area (Å²) in [6.45, 7) is 1.24. The van der Waals surface area contributed by atoms with E-state index in [1.165, 1.54) is 12.1 Å². The van der Waals surface area contributed by atoms with Crippen LogP contribution in [0.15, 0.2) is 18.2 Å². The van der Waals surface area contributed by atoms with Crippen LogP contribution in [0.4, 0.5) is 5.69 Å². The molecule has 0 aromatic heterocycles. The average molecular weight is 271 g/mol. The molecule has 1 aliphatic rings. The first-order chi connectivity index (χ1) is 8.50. The van der Waals surface area contributed by atoms with Crippen molar-refractivity contribution in [3.05, 3.63) is 38.9 Å². The standard InChI is InChI=1S/C12H15ClN2O3/c13-11-6-10(15(16)17)3-2-9(11)7-12(14)4-1-5-18-8-12/h2-3,6H,1,4-5,7-8,14H2. The van der Waals surface area contributed by atoms with Crippen LogP contribution in [-0.4, -0.2) is 23.7 Å². The summed E-state index contributed by atoms with van der Waals surface area (Å²) in [6.07, 6.45) is 2.38. The number of nitrogens with two attached hydrogens (primary N) is 1. The third kappa shape index (κ3) is 2.98. The van der Waals surface area contributed by atoms with Crippen LogP contribution in [0.3, 0.4) is 0 Å². The molecule has 2 N–H and O–H groups in total. The lowest BCUT2D eigenvalue weighted by atomic mass is 9.87. The third-order valence-corrected chi connectivity index (χ3v) is 3.49.